The van der Waals surface area contributed by atoms with E-state index in [1.165, 1.54) is 17.8 Å². The van der Waals surface area contributed by atoms with Crippen LogP contribution in [0, 0.1) is 0 Å². The second-order valence-corrected chi connectivity index (χ2v) is 4.79. The third kappa shape index (κ3) is 2.85. The summed E-state index contributed by atoms with van der Waals surface area (Å²) in [6, 6.07) is 1.78. The number of aliphatic carboxylic acids is 1. The molecule has 8 heteroatoms. The Labute approximate surface area is 115 Å². The molecule has 0 saturated carbocycles. The summed E-state index contributed by atoms with van der Waals surface area (Å²) in [5.74, 6) is -0.298. The molecular weight excluding hydrogens is 262 g/mol. The predicted octanol–water partition coefficient (Wildman–Crippen LogP) is 0.324. The summed E-state index contributed by atoms with van der Waals surface area (Å²) in [6.07, 6.45) is 3.09. The van der Waals surface area contributed by atoms with Gasteiger partial charge in [0.25, 0.3) is 5.78 Å². The lowest BCUT2D eigenvalue weighted by Gasteiger charge is -2.19. The second-order valence-electron chi connectivity index (χ2n) is 4.79. The number of hydrogen-bond donors (Lipinski definition) is 3. The summed E-state index contributed by atoms with van der Waals surface area (Å²) in [5, 5.41) is 25.5. The third-order valence-corrected chi connectivity index (χ3v) is 2.89. The molecule has 0 radical (unpaired) electrons. The molecule has 8 nitrogen and oxygen atoms in total. The van der Waals surface area contributed by atoms with E-state index >= 15 is 0 Å². The highest BCUT2D eigenvalue weighted by molar-refractivity contribution is 5.77. The maximum atomic E-state index is 10.9. The SMILES string of the molecule is CCCc1cc(NCC(C)(O)C(=O)O)n2ncnc2n1. The highest BCUT2D eigenvalue weighted by Gasteiger charge is 2.29. The molecule has 0 aliphatic carbocycles. The number of fused-ring (bicyclic) bond motifs is 1. The van der Waals surface area contributed by atoms with Gasteiger partial charge in [-0.25, -0.2) is 9.78 Å². The molecule has 0 amide bonds. The number of aryl methyl sites for hydroxylation is 1. The molecule has 2 aromatic rings. The van der Waals surface area contributed by atoms with Gasteiger partial charge in [-0.2, -0.15) is 14.6 Å². The molecule has 0 spiro atoms. The molecule has 0 bridgehead atoms. The van der Waals surface area contributed by atoms with Crippen molar-refractivity contribution in [3.63, 3.8) is 0 Å². The van der Waals surface area contributed by atoms with Gasteiger partial charge in [0.05, 0.1) is 6.54 Å². The normalized spacial score (nSPS) is 14.2. The number of carboxylic acid groups (broad SMARTS) is 1. The van der Waals surface area contributed by atoms with Crippen LogP contribution in [0.1, 0.15) is 26.0 Å². The number of nitrogens with one attached hydrogen (secondary N) is 1. The molecule has 1 atom stereocenters. The van der Waals surface area contributed by atoms with E-state index in [-0.39, 0.29) is 6.54 Å². The van der Waals surface area contributed by atoms with Gasteiger partial charge in [-0.15, -0.1) is 0 Å². The highest BCUT2D eigenvalue weighted by Crippen LogP contribution is 2.14. The molecule has 0 aliphatic rings. The van der Waals surface area contributed by atoms with Gasteiger partial charge in [0.1, 0.15) is 12.1 Å². The minimum atomic E-state index is -1.86. The summed E-state index contributed by atoms with van der Waals surface area (Å²) in [4.78, 5) is 19.2. The number of hydrogen-bond acceptors (Lipinski definition) is 6. The summed E-state index contributed by atoms with van der Waals surface area (Å²) in [5.41, 5.74) is -1.02. The molecule has 1 unspecified atom stereocenters. The Hall–Kier alpha value is -2.22. The summed E-state index contributed by atoms with van der Waals surface area (Å²) in [6.45, 7) is 3.12. The smallest absolute Gasteiger partial charge is 0.337 e. The van der Waals surface area contributed by atoms with E-state index < -0.39 is 11.6 Å². The van der Waals surface area contributed by atoms with Gasteiger partial charge in [0.2, 0.25) is 0 Å². The van der Waals surface area contributed by atoms with Gasteiger partial charge in [-0.3, -0.25) is 0 Å². The van der Waals surface area contributed by atoms with Crippen molar-refractivity contribution in [1.29, 1.82) is 0 Å². The fourth-order valence-electron chi connectivity index (χ4n) is 1.71. The number of aliphatic hydroxyl groups is 1. The number of carboxylic acids is 1. The van der Waals surface area contributed by atoms with Gasteiger partial charge >= 0.3 is 5.97 Å². The fraction of sp³-hybridized carbons (Fsp3) is 0.500. The zero-order valence-corrected chi connectivity index (χ0v) is 11.4. The lowest BCUT2D eigenvalue weighted by atomic mass is 10.1. The van der Waals surface area contributed by atoms with Crippen LogP contribution in [0.15, 0.2) is 12.4 Å². The number of rotatable bonds is 6. The van der Waals surface area contributed by atoms with Crippen LogP contribution >= 0.6 is 0 Å². The van der Waals surface area contributed by atoms with Crippen molar-refractivity contribution in [2.24, 2.45) is 0 Å². The standard InChI is InChI=1S/C12H17N5O3/c1-3-4-8-5-9(13-6-12(2,20)10(18)19)17-11(16-8)14-7-15-17/h5,7,13,20H,3-4,6H2,1-2H3,(H,18,19). The Kier molecular flexibility index (Phi) is 3.84. The zero-order valence-electron chi connectivity index (χ0n) is 11.4. The van der Waals surface area contributed by atoms with Crippen molar-refractivity contribution in [1.82, 2.24) is 19.6 Å². The van der Waals surface area contributed by atoms with E-state index in [1.807, 2.05) is 6.92 Å². The molecule has 0 fully saturated rings. The fourth-order valence-corrected chi connectivity index (χ4v) is 1.71. The van der Waals surface area contributed by atoms with E-state index in [4.69, 9.17) is 5.11 Å². The first-order valence-corrected chi connectivity index (χ1v) is 6.33. The van der Waals surface area contributed by atoms with Crippen LogP contribution in [0.25, 0.3) is 5.78 Å². The van der Waals surface area contributed by atoms with Gasteiger partial charge in [-0.1, -0.05) is 13.3 Å². The minimum Gasteiger partial charge on any atom is -0.479 e. The third-order valence-electron chi connectivity index (χ3n) is 2.89. The molecule has 20 heavy (non-hydrogen) atoms. The first-order chi connectivity index (χ1) is 9.44. The monoisotopic (exact) mass is 279 g/mol. The summed E-state index contributed by atoms with van der Waals surface area (Å²) >= 11 is 0. The molecule has 108 valence electrons. The second kappa shape index (κ2) is 5.41. The van der Waals surface area contributed by atoms with Crippen molar-refractivity contribution in [3.05, 3.63) is 18.1 Å². The molecule has 2 rings (SSSR count). The number of anilines is 1. The lowest BCUT2D eigenvalue weighted by Crippen LogP contribution is -2.42. The Morgan fingerprint density at radius 1 is 1.55 bits per heavy atom. The van der Waals surface area contributed by atoms with Crippen molar-refractivity contribution in [2.45, 2.75) is 32.3 Å². The van der Waals surface area contributed by atoms with Crippen LogP contribution in [0.4, 0.5) is 5.82 Å². The van der Waals surface area contributed by atoms with Crippen molar-refractivity contribution in [3.8, 4) is 0 Å². The topological polar surface area (TPSA) is 113 Å². The first kappa shape index (κ1) is 14.2. The van der Waals surface area contributed by atoms with E-state index in [0.29, 0.717) is 11.6 Å². The van der Waals surface area contributed by atoms with Crippen LogP contribution in [0.5, 0.6) is 0 Å². The molecule has 0 aromatic carbocycles. The Balaban J connectivity index is 2.28. The number of nitrogens with zero attached hydrogens (tertiary/aromatic N) is 4. The predicted molar refractivity (Wildman–Crippen MR) is 71.5 cm³/mol. The van der Waals surface area contributed by atoms with E-state index in [2.05, 4.69) is 20.4 Å². The molecular formula is C12H17N5O3. The average Bonchev–Trinajstić information content (AvgIpc) is 2.84. The summed E-state index contributed by atoms with van der Waals surface area (Å²) in [7, 11) is 0. The van der Waals surface area contributed by atoms with Crippen LogP contribution in [-0.2, 0) is 11.2 Å². The quantitative estimate of drug-likeness (QED) is 0.698. The summed E-state index contributed by atoms with van der Waals surface area (Å²) < 4.78 is 1.47. The average molecular weight is 279 g/mol. The molecule has 2 heterocycles. The van der Waals surface area contributed by atoms with Gasteiger partial charge in [0, 0.05) is 11.8 Å². The van der Waals surface area contributed by atoms with Crippen molar-refractivity contribution >= 4 is 17.6 Å². The maximum Gasteiger partial charge on any atom is 0.337 e. The maximum absolute atomic E-state index is 10.9. The van der Waals surface area contributed by atoms with Crippen LogP contribution in [-0.4, -0.2) is 47.9 Å². The van der Waals surface area contributed by atoms with Crippen LogP contribution in [0.3, 0.4) is 0 Å². The molecule has 0 saturated heterocycles. The number of carbonyl (C=O) groups is 1. The van der Waals surface area contributed by atoms with E-state index in [1.54, 1.807) is 6.07 Å². The van der Waals surface area contributed by atoms with Gasteiger partial charge < -0.3 is 15.5 Å². The van der Waals surface area contributed by atoms with Crippen molar-refractivity contribution < 1.29 is 15.0 Å². The van der Waals surface area contributed by atoms with Gasteiger partial charge in [0.15, 0.2) is 5.60 Å². The first-order valence-electron chi connectivity index (χ1n) is 6.33. The molecule has 3 N–H and O–H groups in total. The van der Waals surface area contributed by atoms with E-state index in [9.17, 15) is 9.90 Å². The van der Waals surface area contributed by atoms with Crippen molar-refractivity contribution in [2.75, 3.05) is 11.9 Å². The minimum absolute atomic E-state index is 0.146. The molecule has 0 aliphatic heterocycles. The van der Waals surface area contributed by atoms with E-state index in [0.717, 1.165) is 18.5 Å². The Morgan fingerprint density at radius 2 is 2.30 bits per heavy atom. The highest BCUT2D eigenvalue weighted by atomic mass is 16.4. The zero-order chi connectivity index (χ0) is 14.8. The van der Waals surface area contributed by atoms with Crippen LogP contribution in [0.2, 0.25) is 0 Å². The Bertz CT molecular complexity index is 623. The lowest BCUT2D eigenvalue weighted by molar-refractivity contribution is -0.155. The Morgan fingerprint density at radius 3 is 2.95 bits per heavy atom. The van der Waals surface area contributed by atoms with Gasteiger partial charge in [-0.05, 0) is 13.3 Å². The number of aromatic nitrogens is 4. The largest absolute Gasteiger partial charge is 0.479 e. The van der Waals surface area contributed by atoms with Crippen LogP contribution < -0.4 is 5.32 Å². The molecule has 2 aromatic heterocycles.